The number of nitrogens with zero attached hydrogens (tertiary/aromatic N) is 3. The van der Waals surface area contributed by atoms with Crippen molar-refractivity contribution in [3.05, 3.63) is 89.5 Å². The van der Waals surface area contributed by atoms with Crippen LogP contribution < -0.4 is 4.74 Å². The van der Waals surface area contributed by atoms with Crippen molar-refractivity contribution >= 4 is 0 Å². The molecule has 1 unspecified atom stereocenters. The lowest BCUT2D eigenvalue weighted by Crippen LogP contribution is -2.35. The van der Waals surface area contributed by atoms with Gasteiger partial charge in [0.2, 0.25) is 0 Å². The van der Waals surface area contributed by atoms with Gasteiger partial charge >= 0.3 is 0 Å². The van der Waals surface area contributed by atoms with Gasteiger partial charge in [0.1, 0.15) is 24.8 Å². The maximum absolute atomic E-state index is 10.6. The number of hydrogen-bond acceptors (Lipinski definition) is 5. The van der Waals surface area contributed by atoms with Crippen molar-refractivity contribution in [1.82, 2.24) is 14.9 Å². The first-order valence-electron chi connectivity index (χ1n) is 9.48. The summed E-state index contributed by atoms with van der Waals surface area (Å²) in [5, 5.41) is 10.6. The zero-order valence-electron chi connectivity index (χ0n) is 16.5. The van der Waals surface area contributed by atoms with E-state index in [4.69, 9.17) is 4.74 Å². The number of aliphatic hydroxyl groups excluding tert-OH is 1. The molecule has 3 rings (SSSR count). The van der Waals surface area contributed by atoms with Crippen molar-refractivity contribution in [3.8, 4) is 5.75 Å². The number of aryl methyl sites for hydroxylation is 2. The van der Waals surface area contributed by atoms with Gasteiger partial charge in [-0.3, -0.25) is 4.90 Å². The summed E-state index contributed by atoms with van der Waals surface area (Å²) < 4.78 is 5.75. The number of aliphatic hydroxyl groups is 1. The van der Waals surface area contributed by atoms with Crippen LogP contribution in [0.4, 0.5) is 0 Å². The van der Waals surface area contributed by atoms with Gasteiger partial charge in [0.25, 0.3) is 0 Å². The number of rotatable bonds is 9. The van der Waals surface area contributed by atoms with Crippen molar-refractivity contribution in [2.75, 3.05) is 13.2 Å². The Kier molecular flexibility index (Phi) is 7.12. The highest BCUT2D eigenvalue weighted by atomic mass is 16.5. The normalized spacial score (nSPS) is 12.1. The molecule has 3 aromatic rings. The molecule has 0 aliphatic heterocycles. The second-order valence-electron chi connectivity index (χ2n) is 7.12. The minimum Gasteiger partial charge on any atom is -0.491 e. The van der Waals surface area contributed by atoms with Gasteiger partial charge in [0.05, 0.1) is 0 Å². The van der Waals surface area contributed by atoms with E-state index in [1.54, 1.807) is 0 Å². The lowest BCUT2D eigenvalue weighted by Gasteiger charge is -2.26. The lowest BCUT2D eigenvalue weighted by atomic mass is 10.1. The summed E-state index contributed by atoms with van der Waals surface area (Å²) in [7, 11) is 0. The Hall–Kier alpha value is -2.76. The van der Waals surface area contributed by atoms with Crippen LogP contribution in [0.2, 0.25) is 0 Å². The predicted molar refractivity (Wildman–Crippen MR) is 110 cm³/mol. The predicted octanol–water partition coefficient (Wildman–Crippen LogP) is 3.54. The molecule has 1 aromatic heterocycles. The molecule has 1 heterocycles. The van der Waals surface area contributed by atoms with Crippen LogP contribution in [0.1, 0.15) is 22.3 Å². The number of hydrogen-bond donors (Lipinski definition) is 1. The summed E-state index contributed by atoms with van der Waals surface area (Å²) >= 11 is 0. The SMILES string of the molecule is Cc1ccc(OCC(O)CN(Cc2cncnc2)Cc2ccccc2C)cc1. The molecule has 1 atom stereocenters. The van der Waals surface area contributed by atoms with E-state index in [-0.39, 0.29) is 6.61 Å². The van der Waals surface area contributed by atoms with Crippen LogP contribution in [0.25, 0.3) is 0 Å². The molecule has 0 aliphatic carbocycles. The lowest BCUT2D eigenvalue weighted by molar-refractivity contribution is 0.0627. The standard InChI is InChI=1S/C23H27N3O2/c1-18-7-9-23(10-8-18)28-16-22(27)15-26(13-20-11-24-17-25-12-20)14-21-6-4-3-5-19(21)2/h3-12,17,22,27H,13-16H2,1-2H3. The van der Waals surface area contributed by atoms with Crippen molar-refractivity contribution in [2.45, 2.75) is 33.0 Å². The summed E-state index contributed by atoms with van der Waals surface area (Å²) in [6, 6.07) is 16.2. The van der Waals surface area contributed by atoms with Gasteiger partial charge in [-0.05, 0) is 37.1 Å². The molecule has 2 aromatic carbocycles. The molecule has 0 spiro atoms. The van der Waals surface area contributed by atoms with Gasteiger partial charge in [-0.1, -0.05) is 42.0 Å². The van der Waals surface area contributed by atoms with Crippen molar-refractivity contribution < 1.29 is 9.84 Å². The number of ether oxygens (including phenoxy) is 1. The topological polar surface area (TPSA) is 58.5 Å². The Balaban J connectivity index is 1.63. The molecular weight excluding hydrogens is 350 g/mol. The molecule has 0 bridgehead atoms. The molecule has 5 nitrogen and oxygen atoms in total. The average Bonchev–Trinajstić information content (AvgIpc) is 2.70. The van der Waals surface area contributed by atoms with Gasteiger partial charge in [-0.25, -0.2) is 9.97 Å². The average molecular weight is 377 g/mol. The van der Waals surface area contributed by atoms with E-state index in [9.17, 15) is 5.11 Å². The van der Waals surface area contributed by atoms with E-state index in [1.165, 1.54) is 23.0 Å². The van der Waals surface area contributed by atoms with Gasteiger partial charge in [0.15, 0.2) is 0 Å². The highest BCUT2D eigenvalue weighted by Crippen LogP contribution is 2.15. The van der Waals surface area contributed by atoms with Crippen LogP contribution >= 0.6 is 0 Å². The largest absolute Gasteiger partial charge is 0.491 e. The van der Waals surface area contributed by atoms with Gasteiger partial charge in [-0.2, -0.15) is 0 Å². The first-order valence-corrected chi connectivity index (χ1v) is 9.48. The zero-order chi connectivity index (χ0) is 19.8. The fraction of sp³-hybridized carbons (Fsp3) is 0.304. The fourth-order valence-corrected chi connectivity index (χ4v) is 3.06. The molecular formula is C23H27N3O2. The van der Waals surface area contributed by atoms with Crippen LogP contribution in [-0.2, 0) is 13.1 Å². The minimum absolute atomic E-state index is 0.249. The highest BCUT2D eigenvalue weighted by molar-refractivity contribution is 5.26. The smallest absolute Gasteiger partial charge is 0.119 e. The Morgan fingerprint density at radius 3 is 2.39 bits per heavy atom. The molecule has 0 radical (unpaired) electrons. The van der Waals surface area contributed by atoms with Crippen molar-refractivity contribution in [3.63, 3.8) is 0 Å². The molecule has 0 saturated carbocycles. The molecule has 0 aliphatic rings. The number of benzene rings is 2. The number of aromatic nitrogens is 2. The Morgan fingerprint density at radius 1 is 0.964 bits per heavy atom. The van der Waals surface area contributed by atoms with Crippen molar-refractivity contribution in [1.29, 1.82) is 0 Å². The van der Waals surface area contributed by atoms with Crippen LogP contribution in [0.5, 0.6) is 5.75 Å². The minimum atomic E-state index is -0.602. The Labute approximate surface area is 166 Å². The van der Waals surface area contributed by atoms with Gasteiger partial charge in [-0.15, -0.1) is 0 Å². The molecule has 0 fully saturated rings. The fourth-order valence-electron chi connectivity index (χ4n) is 3.06. The van der Waals surface area contributed by atoms with E-state index >= 15 is 0 Å². The maximum Gasteiger partial charge on any atom is 0.119 e. The second kappa shape index (κ2) is 9.97. The Bertz CT molecular complexity index is 853. The van der Waals surface area contributed by atoms with Gasteiger partial charge < -0.3 is 9.84 Å². The highest BCUT2D eigenvalue weighted by Gasteiger charge is 2.15. The molecule has 28 heavy (non-hydrogen) atoms. The molecule has 146 valence electrons. The molecule has 5 heteroatoms. The molecule has 1 N–H and O–H groups in total. The monoisotopic (exact) mass is 377 g/mol. The summed E-state index contributed by atoms with van der Waals surface area (Å²) in [4.78, 5) is 10.4. The van der Waals surface area contributed by atoms with E-state index < -0.39 is 6.10 Å². The summed E-state index contributed by atoms with van der Waals surface area (Å²) in [5.41, 5.74) is 4.68. The van der Waals surface area contributed by atoms with Crippen LogP contribution in [0.15, 0.2) is 67.3 Å². The summed E-state index contributed by atoms with van der Waals surface area (Å²) in [6.45, 7) is 6.29. The quantitative estimate of drug-likeness (QED) is 0.618. The second-order valence-corrected chi connectivity index (χ2v) is 7.12. The summed E-state index contributed by atoms with van der Waals surface area (Å²) in [5.74, 6) is 0.770. The van der Waals surface area contributed by atoms with Crippen molar-refractivity contribution in [2.24, 2.45) is 0 Å². The van der Waals surface area contributed by atoms with E-state index in [2.05, 4.69) is 33.9 Å². The maximum atomic E-state index is 10.6. The van der Waals surface area contributed by atoms with E-state index in [0.717, 1.165) is 17.9 Å². The third-order valence-electron chi connectivity index (χ3n) is 4.61. The van der Waals surface area contributed by atoms with Crippen LogP contribution in [-0.4, -0.2) is 39.2 Å². The van der Waals surface area contributed by atoms with Crippen LogP contribution in [0.3, 0.4) is 0 Å². The third-order valence-corrected chi connectivity index (χ3v) is 4.61. The summed E-state index contributed by atoms with van der Waals surface area (Å²) in [6.07, 6.45) is 4.55. The zero-order valence-corrected chi connectivity index (χ0v) is 16.5. The molecule has 0 amide bonds. The first-order chi connectivity index (χ1) is 13.6. The van der Waals surface area contributed by atoms with Gasteiger partial charge in [0, 0.05) is 37.6 Å². The first kappa shape index (κ1) is 20.0. The third kappa shape index (κ3) is 6.15. The molecule has 0 saturated heterocycles. The van der Waals surface area contributed by atoms with E-state index in [0.29, 0.717) is 13.1 Å². The van der Waals surface area contributed by atoms with Crippen LogP contribution in [0, 0.1) is 13.8 Å². The Morgan fingerprint density at radius 2 is 1.68 bits per heavy atom. The van der Waals surface area contributed by atoms with E-state index in [1.807, 2.05) is 55.7 Å².